The van der Waals surface area contributed by atoms with Gasteiger partial charge in [0, 0.05) is 12.6 Å². The molecule has 1 amide bonds. The lowest BCUT2D eigenvalue weighted by Crippen LogP contribution is -2.39. The van der Waals surface area contributed by atoms with E-state index in [0.717, 1.165) is 30.7 Å². The highest BCUT2D eigenvalue weighted by atomic mass is 16.5. The van der Waals surface area contributed by atoms with Crippen molar-refractivity contribution in [3.63, 3.8) is 0 Å². The number of ether oxygens (including phenoxy) is 1. The summed E-state index contributed by atoms with van der Waals surface area (Å²) in [6.07, 6.45) is 2.28. The summed E-state index contributed by atoms with van der Waals surface area (Å²) in [5, 5.41) is 0. The average molecular weight is 275 g/mol. The van der Waals surface area contributed by atoms with E-state index < -0.39 is 0 Å². The minimum atomic E-state index is 0.113. The first kappa shape index (κ1) is 14.9. The van der Waals surface area contributed by atoms with Gasteiger partial charge in [0.25, 0.3) is 5.91 Å². The quantitative estimate of drug-likeness (QED) is 0.797. The van der Waals surface area contributed by atoms with E-state index in [1.54, 1.807) is 0 Å². The van der Waals surface area contributed by atoms with E-state index in [9.17, 15) is 4.79 Å². The van der Waals surface area contributed by atoms with Crippen LogP contribution in [-0.4, -0.2) is 30.0 Å². The Morgan fingerprint density at radius 2 is 2.05 bits per heavy atom. The molecule has 20 heavy (non-hydrogen) atoms. The molecule has 1 aliphatic rings. The molecule has 0 aliphatic heterocycles. The van der Waals surface area contributed by atoms with Crippen LogP contribution in [0.1, 0.15) is 37.8 Å². The molecule has 0 aromatic heterocycles. The Morgan fingerprint density at radius 1 is 1.35 bits per heavy atom. The van der Waals surface area contributed by atoms with Crippen molar-refractivity contribution in [2.24, 2.45) is 5.92 Å². The first-order chi connectivity index (χ1) is 9.49. The predicted molar refractivity (Wildman–Crippen MR) is 81.0 cm³/mol. The van der Waals surface area contributed by atoms with E-state index in [1.165, 1.54) is 5.56 Å². The molecule has 1 aromatic carbocycles. The lowest BCUT2D eigenvalue weighted by atomic mass is 10.1. The largest absolute Gasteiger partial charge is 0.483 e. The maximum absolute atomic E-state index is 12.3. The summed E-state index contributed by atoms with van der Waals surface area (Å²) >= 11 is 0. The van der Waals surface area contributed by atoms with Crippen LogP contribution in [0.4, 0.5) is 0 Å². The van der Waals surface area contributed by atoms with Gasteiger partial charge in [-0.15, -0.1) is 0 Å². The summed E-state index contributed by atoms with van der Waals surface area (Å²) in [5.41, 5.74) is 2.30. The number of rotatable bonds is 6. The standard InChI is InChI=1S/C17H25NO2/c1-12(2)10-18(15-8-9-15)17(19)11-20-16-7-5-6-13(3)14(16)4/h5-7,12,15H,8-11H2,1-4H3. The highest BCUT2D eigenvalue weighted by molar-refractivity contribution is 5.78. The molecule has 1 fully saturated rings. The topological polar surface area (TPSA) is 29.5 Å². The molecule has 110 valence electrons. The Bertz CT molecular complexity index is 478. The maximum atomic E-state index is 12.3. The molecular weight excluding hydrogens is 250 g/mol. The molecule has 0 radical (unpaired) electrons. The van der Waals surface area contributed by atoms with Gasteiger partial charge in [0.2, 0.25) is 0 Å². The van der Waals surface area contributed by atoms with Crippen molar-refractivity contribution >= 4 is 5.91 Å². The van der Waals surface area contributed by atoms with Gasteiger partial charge in [-0.1, -0.05) is 26.0 Å². The molecule has 1 saturated carbocycles. The fourth-order valence-corrected chi connectivity index (χ4v) is 2.34. The number of nitrogens with zero attached hydrogens (tertiary/aromatic N) is 1. The lowest BCUT2D eigenvalue weighted by Gasteiger charge is -2.24. The zero-order valence-corrected chi connectivity index (χ0v) is 13.0. The summed E-state index contributed by atoms with van der Waals surface area (Å²) in [6, 6.07) is 6.40. The average Bonchev–Trinajstić information content (AvgIpc) is 3.21. The SMILES string of the molecule is Cc1cccc(OCC(=O)N(CC(C)C)C2CC2)c1C. The molecule has 0 atom stereocenters. The highest BCUT2D eigenvalue weighted by Gasteiger charge is 2.32. The van der Waals surface area contributed by atoms with Crippen molar-refractivity contribution in [3.8, 4) is 5.75 Å². The third-order valence-electron chi connectivity index (χ3n) is 3.78. The van der Waals surface area contributed by atoms with Crippen molar-refractivity contribution in [1.82, 2.24) is 4.90 Å². The molecule has 0 unspecified atom stereocenters. The van der Waals surface area contributed by atoms with E-state index in [-0.39, 0.29) is 12.5 Å². The summed E-state index contributed by atoms with van der Waals surface area (Å²) in [7, 11) is 0. The summed E-state index contributed by atoms with van der Waals surface area (Å²) in [5.74, 6) is 1.43. The van der Waals surface area contributed by atoms with Gasteiger partial charge in [-0.2, -0.15) is 0 Å². The van der Waals surface area contributed by atoms with Gasteiger partial charge in [-0.25, -0.2) is 0 Å². The number of aryl methyl sites for hydroxylation is 1. The first-order valence-electron chi connectivity index (χ1n) is 7.47. The molecule has 0 bridgehead atoms. The van der Waals surface area contributed by atoms with Crippen LogP contribution in [0.3, 0.4) is 0 Å². The summed E-state index contributed by atoms with van der Waals surface area (Å²) in [6.45, 7) is 9.36. The van der Waals surface area contributed by atoms with Crippen molar-refractivity contribution in [2.75, 3.05) is 13.2 Å². The lowest BCUT2D eigenvalue weighted by molar-refractivity contribution is -0.134. The maximum Gasteiger partial charge on any atom is 0.260 e. The molecule has 0 heterocycles. The van der Waals surface area contributed by atoms with Crippen LogP contribution < -0.4 is 4.74 Å². The second-order valence-electron chi connectivity index (χ2n) is 6.16. The number of carbonyl (C=O) groups is 1. The normalized spacial score (nSPS) is 14.4. The Balaban J connectivity index is 1.95. The van der Waals surface area contributed by atoms with Crippen molar-refractivity contribution in [3.05, 3.63) is 29.3 Å². The fraction of sp³-hybridized carbons (Fsp3) is 0.588. The predicted octanol–water partition coefficient (Wildman–Crippen LogP) is 3.33. The number of carbonyl (C=O) groups excluding carboxylic acids is 1. The molecule has 1 aliphatic carbocycles. The molecule has 0 spiro atoms. The van der Waals surface area contributed by atoms with Crippen LogP contribution >= 0.6 is 0 Å². The van der Waals surface area contributed by atoms with Gasteiger partial charge in [0.05, 0.1) is 0 Å². The van der Waals surface area contributed by atoms with Crippen LogP contribution in [0, 0.1) is 19.8 Å². The third-order valence-corrected chi connectivity index (χ3v) is 3.78. The van der Waals surface area contributed by atoms with Gasteiger partial charge in [-0.3, -0.25) is 4.79 Å². The van der Waals surface area contributed by atoms with Crippen LogP contribution in [0.5, 0.6) is 5.75 Å². The molecule has 0 saturated heterocycles. The summed E-state index contributed by atoms with van der Waals surface area (Å²) < 4.78 is 5.73. The molecule has 3 nitrogen and oxygen atoms in total. The van der Waals surface area contributed by atoms with Gasteiger partial charge in [0.1, 0.15) is 5.75 Å². The van der Waals surface area contributed by atoms with E-state index in [0.29, 0.717) is 12.0 Å². The van der Waals surface area contributed by atoms with Gasteiger partial charge < -0.3 is 9.64 Å². The fourth-order valence-electron chi connectivity index (χ4n) is 2.34. The number of hydrogen-bond acceptors (Lipinski definition) is 2. The van der Waals surface area contributed by atoms with E-state index >= 15 is 0 Å². The number of hydrogen-bond donors (Lipinski definition) is 0. The monoisotopic (exact) mass is 275 g/mol. The minimum absolute atomic E-state index is 0.113. The van der Waals surface area contributed by atoms with Crippen molar-refractivity contribution in [2.45, 2.75) is 46.6 Å². The Kier molecular flexibility index (Phi) is 4.69. The zero-order valence-electron chi connectivity index (χ0n) is 13.0. The van der Waals surface area contributed by atoms with Crippen molar-refractivity contribution < 1.29 is 9.53 Å². The molecule has 3 heteroatoms. The molecule has 1 aromatic rings. The van der Waals surface area contributed by atoms with Gasteiger partial charge in [-0.05, 0) is 49.8 Å². The van der Waals surface area contributed by atoms with E-state index in [4.69, 9.17) is 4.74 Å². The Morgan fingerprint density at radius 3 is 2.65 bits per heavy atom. The van der Waals surface area contributed by atoms with Crippen LogP contribution in [0.25, 0.3) is 0 Å². The Hall–Kier alpha value is -1.51. The van der Waals surface area contributed by atoms with E-state index in [1.807, 2.05) is 24.0 Å². The molecule has 0 N–H and O–H groups in total. The first-order valence-corrected chi connectivity index (χ1v) is 7.47. The van der Waals surface area contributed by atoms with Crippen LogP contribution in [0.15, 0.2) is 18.2 Å². The Labute approximate surface area is 121 Å². The number of benzene rings is 1. The minimum Gasteiger partial charge on any atom is -0.483 e. The second-order valence-corrected chi connectivity index (χ2v) is 6.16. The van der Waals surface area contributed by atoms with Gasteiger partial charge in [0.15, 0.2) is 6.61 Å². The molecule has 2 rings (SSSR count). The zero-order chi connectivity index (χ0) is 14.7. The summed E-state index contributed by atoms with van der Waals surface area (Å²) in [4.78, 5) is 14.3. The van der Waals surface area contributed by atoms with Gasteiger partial charge >= 0.3 is 0 Å². The number of amides is 1. The smallest absolute Gasteiger partial charge is 0.260 e. The van der Waals surface area contributed by atoms with Crippen LogP contribution in [-0.2, 0) is 4.79 Å². The second kappa shape index (κ2) is 6.29. The third kappa shape index (κ3) is 3.75. The molecular formula is C17H25NO2. The van der Waals surface area contributed by atoms with E-state index in [2.05, 4.69) is 26.8 Å². The van der Waals surface area contributed by atoms with Crippen LogP contribution in [0.2, 0.25) is 0 Å². The highest BCUT2D eigenvalue weighted by Crippen LogP contribution is 2.28. The van der Waals surface area contributed by atoms with Crippen molar-refractivity contribution in [1.29, 1.82) is 0 Å².